The molecule has 1 fully saturated rings. The van der Waals surface area contributed by atoms with Gasteiger partial charge in [0.15, 0.2) is 0 Å². The summed E-state index contributed by atoms with van der Waals surface area (Å²) in [6.45, 7) is 0.367. The third kappa shape index (κ3) is 2.29. The van der Waals surface area contributed by atoms with Crippen molar-refractivity contribution in [2.24, 2.45) is 0 Å². The van der Waals surface area contributed by atoms with Gasteiger partial charge in [0.25, 0.3) is 0 Å². The quantitative estimate of drug-likeness (QED) is 0.589. The number of hydrogen-bond acceptors (Lipinski definition) is 5. The van der Waals surface area contributed by atoms with Crippen molar-refractivity contribution in [3.8, 4) is 0 Å². The second-order valence-corrected chi connectivity index (χ2v) is 6.22. The highest BCUT2D eigenvalue weighted by atomic mass is 32.2. The molecular weight excluding hydrogens is 280 g/mol. The lowest BCUT2D eigenvalue weighted by molar-refractivity contribution is -0.145. The maximum atomic E-state index is 11.3. The molecule has 2 aliphatic heterocycles. The van der Waals surface area contributed by atoms with Gasteiger partial charge in [-0.25, -0.2) is 4.79 Å². The summed E-state index contributed by atoms with van der Waals surface area (Å²) in [4.78, 5) is 24.5. The summed E-state index contributed by atoms with van der Waals surface area (Å²) in [5.41, 5.74) is 0.104. The summed E-state index contributed by atoms with van der Waals surface area (Å²) in [6, 6.07) is 0. The first-order valence-corrected chi connectivity index (χ1v) is 7.33. The summed E-state index contributed by atoms with van der Waals surface area (Å²) < 4.78 is 0.614. The minimum atomic E-state index is -1.06. The Morgan fingerprint density at radius 3 is 3.00 bits per heavy atom. The van der Waals surface area contributed by atoms with E-state index in [0.29, 0.717) is 22.2 Å². The molecule has 0 aromatic rings. The maximum Gasteiger partial charge on any atom is 0.353 e. The fraction of sp³-hybridized carbons (Fsp3) is 0.444. The Hall–Kier alpha value is -0.730. The normalized spacial score (nSPS) is 22.3. The van der Waals surface area contributed by atoms with Crippen LogP contribution in [0.5, 0.6) is 0 Å². The Balaban J connectivity index is 2.12. The number of carbonyl (C=O) groups excluding carboxylic acids is 1. The predicted octanol–water partition coefficient (Wildman–Crippen LogP) is 0.825. The summed E-state index contributed by atoms with van der Waals surface area (Å²) >= 11 is 7.81. The molecule has 2 N–H and O–H groups in total. The molecule has 0 spiro atoms. The Bertz CT molecular complexity index is 435. The molecule has 0 saturated carbocycles. The Morgan fingerprint density at radius 2 is 2.47 bits per heavy atom. The van der Waals surface area contributed by atoms with E-state index in [1.54, 1.807) is 0 Å². The number of nitrogens with one attached hydrogen (secondary N) is 1. The first kappa shape index (κ1) is 12.7. The minimum absolute atomic E-state index is 0.0340. The molecule has 0 aromatic carbocycles. The zero-order valence-electron chi connectivity index (χ0n) is 8.93. The summed E-state index contributed by atoms with van der Waals surface area (Å²) in [5, 5.41) is 12.0. The van der Waals surface area contributed by atoms with E-state index in [9.17, 15) is 9.59 Å². The molecule has 17 heavy (non-hydrogen) atoms. The fourth-order valence-electron chi connectivity index (χ4n) is 1.68. The second-order valence-electron chi connectivity index (χ2n) is 3.46. The van der Waals surface area contributed by atoms with Crippen molar-refractivity contribution >= 4 is 51.9 Å². The fourth-order valence-corrected chi connectivity index (χ4v) is 3.30. The number of hydrogen-bond donors (Lipinski definition) is 2. The van der Waals surface area contributed by atoms with Crippen LogP contribution in [0.1, 0.15) is 6.42 Å². The van der Waals surface area contributed by atoms with Crippen LogP contribution >= 0.6 is 35.7 Å². The van der Waals surface area contributed by atoms with E-state index in [2.05, 4.69) is 5.32 Å². The van der Waals surface area contributed by atoms with Crippen LogP contribution in [-0.4, -0.2) is 44.4 Å². The van der Waals surface area contributed by atoms with E-state index >= 15 is 0 Å². The standard InChI is InChI=1S/C9H10N2O3S3/c1-16-9(15)10-3-4-7(8(13)14)11-5(12)2-6(11)17-4/h6H,2-3H2,1H3,(H,10,15)(H,13,14)/t6-/m1/s1. The number of rotatable bonds is 3. The van der Waals surface area contributed by atoms with Crippen molar-refractivity contribution < 1.29 is 14.7 Å². The zero-order valence-corrected chi connectivity index (χ0v) is 11.4. The Morgan fingerprint density at radius 1 is 1.76 bits per heavy atom. The average Bonchev–Trinajstić information content (AvgIpc) is 2.58. The number of thiocarbonyl (C=S) groups is 1. The number of amides is 1. The highest BCUT2D eigenvalue weighted by Crippen LogP contribution is 2.45. The van der Waals surface area contributed by atoms with Gasteiger partial charge >= 0.3 is 5.97 Å². The Kier molecular flexibility index (Phi) is 3.64. The lowest BCUT2D eigenvalue weighted by atomic mass is 10.1. The van der Waals surface area contributed by atoms with Crippen LogP contribution in [0.25, 0.3) is 0 Å². The molecule has 0 unspecified atom stereocenters. The molecule has 0 aliphatic carbocycles. The largest absolute Gasteiger partial charge is 0.477 e. The van der Waals surface area contributed by atoms with E-state index in [4.69, 9.17) is 17.3 Å². The summed E-state index contributed by atoms with van der Waals surface area (Å²) in [5.74, 6) is -1.18. The summed E-state index contributed by atoms with van der Waals surface area (Å²) in [7, 11) is 0. The summed E-state index contributed by atoms with van der Waals surface area (Å²) in [6.07, 6.45) is 2.26. The lowest BCUT2D eigenvalue weighted by Gasteiger charge is -2.33. The number of carboxylic acid groups (broad SMARTS) is 1. The van der Waals surface area contributed by atoms with E-state index in [1.165, 1.54) is 28.4 Å². The molecule has 1 saturated heterocycles. The monoisotopic (exact) mass is 290 g/mol. The van der Waals surface area contributed by atoms with Gasteiger partial charge < -0.3 is 10.4 Å². The van der Waals surface area contributed by atoms with Gasteiger partial charge in [0, 0.05) is 11.4 Å². The van der Waals surface area contributed by atoms with Gasteiger partial charge in [-0.15, -0.1) is 23.5 Å². The Labute approximate surface area is 112 Å². The van der Waals surface area contributed by atoms with Crippen molar-refractivity contribution in [3.63, 3.8) is 0 Å². The zero-order chi connectivity index (χ0) is 12.6. The van der Waals surface area contributed by atoms with Crippen molar-refractivity contribution in [1.82, 2.24) is 10.2 Å². The van der Waals surface area contributed by atoms with Crippen LogP contribution < -0.4 is 5.32 Å². The minimum Gasteiger partial charge on any atom is -0.477 e. The molecule has 0 radical (unpaired) electrons. The third-order valence-electron chi connectivity index (χ3n) is 2.47. The van der Waals surface area contributed by atoms with Crippen LogP contribution in [0.4, 0.5) is 0 Å². The molecule has 0 aromatic heterocycles. The van der Waals surface area contributed by atoms with Crippen LogP contribution in [0, 0.1) is 0 Å². The van der Waals surface area contributed by atoms with Crippen LogP contribution in [0.2, 0.25) is 0 Å². The molecule has 2 aliphatic rings. The van der Waals surface area contributed by atoms with Crippen molar-refractivity contribution in [1.29, 1.82) is 0 Å². The van der Waals surface area contributed by atoms with Crippen LogP contribution in [-0.2, 0) is 9.59 Å². The topological polar surface area (TPSA) is 69.6 Å². The molecule has 0 bridgehead atoms. The molecule has 2 heterocycles. The molecule has 92 valence electrons. The number of fused-ring (bicyclic) bond motifs is 1. The van der Waals surface area contributed by atoms with E-state index < -0.39 is 5.97 Å². The number of nitrogens with zero attached hydrogens (tertiary/aromatic N) is 1. The van der Waals surface area contributed by atoms with Crippen molar-refractivity contribution in [2.75, 3.05) is 12.8 Å². The smallest absolute Gasteiger partial charge is 0.353 e. The number of aliphatic carboxylic acids is 1. The second kappa shape index (κ2) is 4.87. The van der Waals surface area contributed by atoms with E-state index in [0.717, 1.165) is 0 Å². The van der Waals surface area contributed by atoms with Gasteiger partial charge in [0.2, 0.25) is 5.91 Å². The maximum absolute atomic E-state index is 11.3. The number of β-lactam (4-membered cyclic amide) rings is 1. The van der Waals surface area contributed by atoms with Crippen molar-refractivity contribution in [2.45, 2.75) is 11.8 Å². The van der Waals surface area contributed by atoms with E-state index in [1.807, 2.05) is 6.26 Å². The van der Waals surface area contributed by atoms with Gasteiger partial charge in [-0.1, -0.05) is 12.2 Å². The average molecular weight is 290 g/mol. The van der Waals surface area contributed by atoms with Crippen molar-refractivity contribution in [3.05, 3.63) is 10.6 Å². The van der Waals surface area contributed by atoms with Crippen LogP contribution in [0.3, 0.4) is 0 Å². The highest BCUT2D eigenvalue weighted by Gasteiger charge is 2.48. The molecule has 1 amide bonds. The van der Waals surface area contributed by atoms with Gasteiger partial charge in [-0.2, -0.15) is 0 Å². The SMILES string of the molecule is CSC(=S)NCC1=C(C(=O)O)N2C(=O)C[C@H]2S1. The first-order chi connectivity index (χ1) is 8.04. The lowest BCUT2D eigenvalue weighted by Crippen LogP contribution is -2.48. The molecule has 2 rings (SSSR count). The molecule has 1 atom stereocenters. The van der Waals surface area contributed by atoms with E-state index in [-0.39, 0.29) is 17.0 Å². The molecule has 5 nitrogen and oxygen atoms in total. The number of carboxylic acids is 1. The predicted molar refractivity (Wildman–Crippen MR) is 71.6 cm³/mol. The number of thioether (sulfide) groups is 2. The third-order valence-corrected chi connectivity index (χ3v) is 4.90. The van der Waals surface area contributed by atoms with Gasteiger partial charge in [0.1, 0.15) is 10.0 Å². The van der Waals surface area contributed by atoms with Gasteiger partial charge in [-0.3, -0.25) is 9.69 Å². The number of carbonyl (C=O) groups is 2. The highest BCUT2D eigenvalue weighted by molar-refractivity contribution is 8.22. The molecular formula is C9H10N2O3S3. The van der Waals surface area contributed by atoms with Gasteiger partial charge in [0.05, 0.1) is 11.8 Å². The molecule has 8 heteroatoms. The van der Waals surface area contributed by atoms with Crippen LogP contribution in [0.15, 0.2) is 10.6 Å². The first-order valence-electron chi connectivity index (χ1n) is 4.81. The van der Waals surface area contributed by atoms with Gasteiger partial charge in [-0.05, 0) is 6.26 Å².